The number of rotatable bonds is 5. The van der Waals surface area contributed by atoms with E-state index in [2.05, 4.69) is 4.98 Å². The van der Waals surface area contributed by atoms with Gasteiger partial charge in [0.25, 0.3) is 0 Å². The lowest BCUT2D eigenvalue weighted by molar-refractivity contribution is -0.141. The monoisotopic (exact) mass is 253 g/mol. The van der Waals surface area contributed by atoms with Crippen LogP contribution in [-0.4, -0.2) is 36.1 Å². The smallest absolute Gasteiger partial charge is 0.325 e. The highest BCUT2D eigenvalue weighted by Crippen LogP contribution is 2.09. The van der Waals surface area contributed by atoms with Crippen molar-refractivity contribution in [3.05, 3.63) is 23.9 Å². The number of thiocarbonyl (C=S) groups is 1. The fourth-order valence-corrected chi connectivity index (χ4v) is 1.37. The van der Waals surface area contributed by atoms with Gasteiger partial charge in [-0.15, -0.1) is 0 Å². The fourth-order valence-electron chi connectivity index (χ4n) is 1.25. The van der Waals surface area contributed by atoms with Gasteiger partial charge in [-0.25, -0.2) is 4.98 Å². The van der Waals surface area contributed by atoms with Crippen molar-refractivity contribution in [1.82, 2.24) is 4.98 Å². The number of nitrogens with zero attached hydrogens (tertiary/aromatic N) is 2. The van der Waals surface area contributed by atoms with E-state index in [9.17, 15) is 4.79 Å². The van der Waals surface area contributed by atoms with Crippen LogP contribution in [0.25, 0.3) is 0 Å². The average Bonchev–Trinajstić information content (AvgIpc) is 2.29. The summed E-state index contributed by atoms with van der Waals surface area (Å²) in [5, 5.41) is 0. The predicted molar refractivity (Wildman–Crippen MR) is 70.0 cm³/mol. The zero-order valence-corrected chi connectivity index (χ0v) is 10.7. The van der Waals surface area contributed by atoms with Gasteiger partial charge < -0.3 is 15.4 Å². The van der Waals surface area contributed by atoms with Crippen molar-refractivity contribution < 1.29 is 9.53 Å². The van der Waals surface area contributed by atoms with Gasteiger partial charge in [-0.2, -0.15) is 0 Å². The van der Waals surface area contributed by atoms with Gasteiger partial charge in [0, 0.05) is 7.05 Å². The van der Waals surface area contributed by atoms with E-state index in [4.69, 9.17) is 22.7 Å². The standard InChI is InChI=1S/C11H15N3O2S/c1-3-16-10(15)7-14(2)9-6-4-5-8(13-9)11(12)17/h4-6H,3,7H2,1-2H3,(H2,12,17). The van der Waals surface area contributed by atoms with Crippen LogP contribution >= 0.6 is 12.2 Å². The highest BCUT2D eigenvalue weighted by Gasteiger charge is 2.10. The molecular formula is C11H15N3O2S. The quantitative estimate of drug-likeness (QED) is 0.616. The molecule has 0 saturated carbocycles. The Kier molecular flexibility index (Phi) is 4.84. The Hall–Kier alpha value is -1.69. The number of hydrogen-bond donors (Lipinski definition) is 1. The topological polar surface area (TPSA) is 68.5 Å². The summed E-state index contributed by atoms with van der Waals surface area (Å²) >= 11 is 4.84. The molecule has 0 bridgehead atoms. The first-order chi connectivity index (χ1) is 8.04. The SMILES string of the molecule is CCOC(=O)CN(C)c1cccc(C(N)=S)n1. The van der Waals surface area contributed by atoms with Gasteiger partial charge in [0.05, 0.1) is 12.3 Å². The second-order valence-corrected chi connectivity index (χ2v) is 3.85. The Balaban J connectivity index is 2.75. The number of esters is 1. The molecule has 0 aromatic carbocycles. The number of aromatic nitrogens is 1. The van der Waals surface area contributed by atoms with Crippen molar-refractivity contribution in [1.29, 1.82) is 0 Å². The number of nitrogens with two attached hydrogens (primary N) is 1. The van der Waals surface area contributed by atoms with Crippen LogP contribution in [-0.2, 0) is 9.53 Å². The zero-order chi connectivity index (χ0) is 12.8. The van der Waals surface area contributed by atoms with E-state index < -0.39 is 0 Å². The molecule has 2 N–H and O–H groups in total. The number of pyridine rings is 1. The van der Waals surface area contributed by atoms with Crippen molar-refractivity contribution in [3.63, 3.8) is 0 Å². The lowest BCUT2D eigenvalue weighted by Gasteiger charge is -2.17. The largest absolute Gasteiger partial charge is 0.465 e. The minimum Gasteiger partial charge on any atom is -0.465 e. The van der Waals surface area contributed by atoms with E-state index >= 15 is 0 Å². The molecule has 0 saturated heterocycles. The fraction of sp³-hybridized carbons (Fsp3) is 0.364. The molecule has 1 rings (SSSR count). The highest BCUT2D eigenvalue weighted by molar-refractivity contribution is 7.80. The molecule has 1 aromatic rings. The Bertz CT molecular complexity index is 423. The summed E-state index contributed by atoms with van der Waals surface area (Å²) in [4.78, 5) is 17.5. The summed E-state index contributed by atoms with van der Waals surface area (Å²) in [6.45, 7) is 2.28. The zero-order valence-electron chi connectivity index (χ0n) is 9.84. The van der Waals surface area contributed by atoms with E-state index in [1.807, 2.05) is 0 Å². The molecule has 1 heterocycles. The minimum atomic E-state index is -0.294. The molecule has 0 unspecified atom stereocenters. The normalized spacial score (nSPS) is 9.76. The van der Waals surface area contributed by atoms with Gasteiger partial charge in [0.2, 0.25) is 0 Å². The summed E-state index contributed by atoms with van der Waals surface area (Å²) < 4.78 is 4.85. The van der Waals surface area contributed by atoms with E-state index in [1.54, 1.807) is 37.1 Å². The molecule has 0 radical (unpaired) electrons. The molecular weight excluding hydrogens is 238 g/mol. The first kappa shape index (κ1) is 13.4. The maximum Gasteiger partial charge on any atom is 0.325 e. The third-order valence-corrected chi connectivity index (χ3v) is 2.26. The van der Waals surface area contributed by atoms with Crippen LogP contribution in [0.3, 0.4) is 0 Å². The first-order valence-corrected chi connectivity index (χ1v) is 5.59. The molecule has 0 aliphatic heterocycles. The van der Waals surface area contributed by atoms with Crippen molar-refractivity contribution in [2.45, 2.75) is 6.92 Å². The third kappa shape index (κ3) is 3.99. The van der Waals surface area contributed by atoms with E-state index in [-0.39, 0.29) is 17.5 Å². The molecule has 5 nitrogen and oxygen atoms in total. The van der Waals surface area contributed by atoms with Crippen LogP contribution in [0.1, 0.15) is 12.6 Å². The Morgan fingerprint density at radius 1 is 1.59 bits per heavy atom. The highest BCUT2D eigenvalue weighted by atomic mass is 32.1. The van der Waals surface area contributed by atoms with E-state index in [1.165, 1.54) is 0 Å². The number of carbonyl (C=O) groups excluding carboxylic acids is 1. The number of carbonyl (C=O) groups is 1. The summed E-state index contributed by atoms with van der Waals surface area (Å²) in [6, 6.07) is 5.30. The van der Waals surface area contributed by atoms with Crippen molar-refractivity contribution in [2.75, 3.05) is 25.1 Å². The van der Waals surface area contributed by atoms with Gasteiger partial charge in [0.15, 0.2) is 0 Å². The number of anilines is 1. The van der Waals surface area contributed by atoms with Crippen LogP contribution in [0, 0.1) is 0 Å². The molecule has 92 valence electrons. The lowest BCUT2D eigenvalue weighted by atomic mass is 10.3. The maximum atomic E-state index is 11.3. The molecule has 0 amide bonds. The Morgan fingerprint density at radius 2 is 2.29 bits per heavy atom. The summed E-state index contributed by atoms with van der Waals surface area (Å²) in [6.07, 6.45) is 0. The average molecular weight is 253 g/mol. The van der Waals surface area contributed by atoms with Gasteiger partial charge >= 0.3 is 5.97 Å². The van der Waals surface area contributed by atoms with Gasteiger partial charge in [-0.05, 0) is 19.1 Å². The summed E-state index contributed by atoms with van der Waals surface area (Å²) in [7, 11) is 1.75. The second kappa shape index (κ2) is 6.15. The second-order valence-electron chi connectivity index (χ2n) is 3.41. The number of hydrogen-bond acceptors (Lipinski definition) is 5. The van der Waals surface area contributed by atoms with Crippen LogP contribution in [0.4, 0.5) is 5.82 Å². The molecule has 0 fully saturated rings. The predicted octanol–water partition coefficient (Wildman–Crippen LogP) is 0.715. The first-order valence-electron chi connectivity index (χ1n) is 5.18. The summed E-state index contributed by atoms with van der Waals surface area (Å²) in [5.74, 6) is 0.334. The Morgan fingerprint density at radius 3 is 2.88 bits per heavy atom. The molecule has 0 aliphatic rings. The molecule has 6 heteroatoms. The van der Waals surface area contributed by atoms with Gasteiger partial charge in [-0.3, -0.25) is 4.79 Å². The van der Waals surface area contributed by atoms with Crippen molar-refractivity contribution in [2.24, 2.45) is 5.73 Å². The Labute approximate surface area is 106 Å². The van der Waals surface area contributed by atoms with E-state index in [0.717, 1.165) is 0 Å². The van der Waals surface area contributed by atoms with Crippen LogP contribution < -0.4 is 10.6 Å². The van der Waals surface area contributed by atoms with Crippen molar-refractivity contribution in [3.8, 4) is 0 Å². The van der Waals surface area contributed by atoms with Gasteiger partial charge in [-0.1, -0.05) is 18.3 Å². The van der Waals surface area contributed by atoms with E-state index in [0.29, 0.717) is 18.1 Å². The van der Waals surface area contributed by atoms with Gasteiger partial charge in [0.1, 0.15) is 17.4 Å². The summed E-state index contributed by atoms with van der Waals surface area (Å²) in [5.41, 5.74) is 6.03. The van der Waals surface area contributed by atoms with Crippen molar-refractivity contribution >= 4 is 29.0 Å². The molecule has 1 aromatic heterocycles. The molecule has 0 aliphatic carbocycles. The number of ether oxygens (including phenoxy) is 1. The lowest BCUT2D eigenvalue weighted by Crippen LogP contribution is -2.28. The third-order valence-electron chi connectivity index (χ3n) is 2.05. The minimum absolute atomic E-state index is 0.141. The van der Waals surface area contributed by atoms with Crippen LogP contribution in [0.2, 0.25) is 0 Å². The molecule has 17 heavy (non-hydrogen) atoms. The maximum absolute atomic E-state index is 11.3. The molecule has 0 atom stereocenters. The van der Waals surface area contributed by atoms with Crippen LogP contribution in [0.5, 0.6) is 0 Å². The molecule has 0 spiro atoms. The number of likely N-dealkylation sites (N-methyl/N-ethyl adjacent to an activating group) is 1. The van der Waals surface area contributed by atoms with Crippen LogP contribution in [0.15, 0.2) is 18.2 Å².